The van der Waals surface area contributed by atoms with Gasteiger partial charge in [0.25, 0.3) is 5.91 Å². The SMILES string of the molecule is CC(C)[C@@H](C(=O)O)N(C)S(=O)(=O)c1ccc(-c2ccc(NC(=O)c3ccc(Cl)cc3)cc2)cc1. The second-order valence-electron chi connectivity index (χ2n) is 8.11. The molecular weight excluding hydrogens is 476 g/mol. The minimum Gasteiger partial charge on any atom is -0.480 e. The Kier molecular flexibility index (Phi) is 7.76. The zero-order chi connectivity index (χ0) is 25.0. The highest BCUT2D eigenvalue weighted by molar-refractivity contribution is 7.89. The third-order valence-corrected chi connectivity index (χ3v) is 7.50. The van der Waals surface area contributed by atoms with Crippen LogP contribution in [0, 0.1) is 5.92 Å². The number of hydrogen-bond donors (Lipinski definition) is 2. The maximum atomic E-state index is 12.9. The second-order valence-corrected chi connectivity index (χ2v) is 10.5. The number of hydrogen-bond acceptors (Lipinski definition) is 4. The molecule has 0 saturated carbocycles. The number of anilines is 1. The first-order valence-corrected chi connectivity index (χ1v) is 12.3. The van der Waals surface area contributed by atoms with E-state index in [0.29, 0.717) is 16.3 Å². The van der Waals surface area contributed by atoms with Gasteiger partial charge in [0.2, 0.25) is 10.0 Å². The van der Waals surface area contributed by atoms with Crippen molar-refractivity contribution in [2.75, 3.05) is 12.4 Å². The number of sulfonamides is 1. The van der Waals surface area contributed by atoms with Gasteiger partial charge in [-0.1, -0.05) is 49.7 Å². The van der Waals surface area contributed by atoms with Gasteiger partial charge in [0.15, 0.2) is 0 Å². The van der Waals surface area contributed by atoms with Crippen LogP contribution in [-0.2, 0) is 14.8 Å². The van der Waals surface area contributed by atoms with Crippen LogP contribution in [0.2, 0.25) is 5.02 Å². The van der Waals surface area contributed by atoms with E-state index in [4.69, 9.17) is 11.6 Å². The van der Waals surface area contributed by atoms with E-state index < -0.39 is 28.0 Å². The fourth-order valence-electron chi connectivity index (χ4n) is 3.55. The molecule has 0 unspecified atom stereocenters. The van der Waals surface area contributed by atoms with Gasteiger partial charge in [-0.15, -0.1) is 0 Å². The lowest BCUT2D eigenvalue weighted by molar-refractivity contribution is -0.142. The Morgan fingerprint density at radius 3 is 1.85 bits per heavy atom. The lowest BCUT2D eigenvalue weighted by Gasteiger charge is -2.27. The van der Waals surface area contributed by atoms with Crippen molar-refractivity contribution in [1.29, 1.82) is 0 Å². The zero-order valence-electron chi connectivity index (χ0n) is 18.9. The van der Waals surface area contributed by atoms with Gasteiger partial charge in [-0.25, -0.2) is 8.42 Å². The second kappa shape index (κ2) is 10.4. The third-order valence-electron chi connectivity index (χ3n) is 5.39. The molecule has 3 aromatic rings. The number of aliphatic carboxylic acids is 1. The normalized spacial score (nSPS) is 12.5. The molecule has 0 aliphatic heterocycles. The summed E-state index contributed by atoms with van der Waals surface area (Å²) in [4.78, 5) is 23.9. The highest BCUT2D eigenvalue weighted by Crippen LogP contribution is 2.26. The number of nitrogens with zero attached hydrogens (tertiary/aromatic N) is 1. The Morgan fingerprint density at radius 2 is 1.38 bits per heavy atom. The molecule has 0 aliphatic carbocycles. The number of rotatable bonds is 8. The number of carboxylic acid groups (broad SMARTS) is 1. The van der Waals surface area contributed by atoms with Gasteiger partial charge in [0.1, 0.15) is 6.04 Å². The maximum Gasteiger partial charge on any atom is 0.322 e. The molecule has 3 aromatic carbocycles. The van der Waals surface area contributed by atoms with E-state index in [1.54, 1.807) is 62.4 Å². The van der Waals surface area contributed by atoms with Crippen molar-refractivity contribution >= 4 is 39.2 Å². The minimum atomic E-state index is -3.98. The maximum absolute atomic E-state index is 12.9. The van der Waals surface area contributed by atoms with E-state index >= 15 is 0 Å². The Labute approximate surface area is 204 Å². The van der Waals surface area contributed by atoms with Crippen LogP contribution in [0.25, 0.3) is 11.1 Å². The van der Waals surface area contributed by atoms with Crippen molar-refractivity contribution < 1.29 is 23.1 Å². The van der Waals surface area contributed by atoms with Crippen molar-refractivity contribution in [1.82, 2.24) is 4.31 Å². The van der Waals surface area contributed by atoms with Gasteiger partial charge in [-0.05, 0) is 65.6 Å². The molecule has 9 heteroatoms. The average molecular weight is 501 g/mol. The zero-order valence-corrected chi connectivity index (χ0v) is 20.5. The number of nitrogens with one attached hydrogen (secondary N) is 1. The predicted molar refractivity (Wildman–Crippen MR) is 132 cm³/mol. The average Bonchev–Trinajstić information content (AvgIpc) is 2.79. The summed E-state index contributed by atoms with van der Waals surface area (Å²) in [7, 11) is -2.70. The molecule has 0 aromatic heterocycles. The van der Waals surface area contributed by atoms with E-state index in [1.165, 1.54) is 19.2 Å². The Hall–Kier alpha value is -3.20. The van der Waals surface area contributed by atoms with Crippen molar-refractivity contribution in [3.8, 4) is 11.1 Å². The Bertz CT molecular complexity index is 1270. The number of amides is 1. The summed E-state index contributed by atoms with van der Waals surface area (Å²) in [6.07, 6.45) is 0. The molecule has 7 nitrogen and oxygen atoms in total. The molecule has 2 N–H and O–H groups in total. The monoisotopic (exact) mass is 500 g/mol. The largest absolute Gasteiger partial charge is 0.480 e. The van der Waals surface area contributed by atoms with Crippen LogP contribution in [-0.4, -0.2) is 42.8 Å². The first-order chi connectivity index (χ1) is 16.0. The van der Waals surface area contributed by atoms with Crippen LogP contribution in [0.3, 0.4) is 0 Å². The van der Waals surface area contributed by atoms with Crippen LogP contribution < -0.4 is 5.32 Å². The van der Waals surface area contributed by atoms with Crippen LogP contribution in [0.15, 0.2) is 77.7 Å². The molecule has 0 fully saturated rings. The number of halogens is 1. The summed E-state index contributed by atoms with van der Waals surface area (Å²) in [5.74, 6) is -1.85. The topological polar surface area (TPSA) is 104 Å². The van der Waals surface area contributed by atoms with Gasteiger partial charge in [-0.2, -0.15) is 4.31 Å². The molecule has 0 spiro atoms. The van der Waals surface area contributed by atoms with Crippen LogP contribution in [0.5, 0.6) is 0 Å². The minimum absolute atomic E-state index is 0.0116. The standard InChI is InChI=1S/C25H25ClN2O5S/c1-16(2)23(25(30)31)28(3)34(32,33)22-14-8-18(9-15-22)17-6-12-21(13-7-17)27-24(29)19-4-10-20(26)11-5-19/h4-16,23H,1-3H3,(H,27,29)(H,30,31)/t23-/m0/s1. The van der Waals surface area contributed by atoms with Crippen molar-refractivity contribution in [2.24, 2.45) is 5.92 Å². The number of carboxylic acids is 1. The van der Waals surface area contributed by atoms with Crippen molar-refractivity contribution in [3.63, 3.8) is 0 Å². The molecule has 0 heterocycles. The number of carbonyl (C=O) groups is 2. The lowest BCUT2D eigenvalue weighted by atomic mass is 10.1. The van der Waals surface area contributed by atoms with E-state index in [1.807, 2.05) is 12.1 Å². The molecule has 0 radical (unpaired) electrons. The van der Waals surface area contributed by atoms with Gasteiger partial charge >= 0.3 is 5.97 Å². The summed E-state index contributed by atoms with van der Waals surface area (Å²) < 4.78 is 26.8. The van der Waals surface area contributed by atoms with Gasteiger partial charge < -0.3 is 10.4 Å². The number of benzene rings is 3. The quantitative estimate of drug-likeness (QED) is 0.453. The Morgan fingerprint density at radius 1 is 0.882 bits per heavy atom. The first-order valence-electron chi connectivity index (χ1n) is 10.5. The summed E-state index contributed by atoms with van der Waals surface area (Å²) in [6, 6.07) is 18.8. The number of likely N-dealkylation sites (N-methyl/N-ethyl adjacent to an activating group) is 1. The highest BCUT2D eigenvalue weighted by atomic mass is 35.5. The number of carbonyl (C=O) groups excluding carboxylic acids is 1. The van der Waals surface area contributed by atoms with Crippen molar-refractivity contribution in [3.05, 3.63) is 83.4 Å². The molecular formula is C25H25ClN2O5S. The molecule has 0 aliphatic rings. The molecule has 34 heavy (non-hydrogen) atoms. The van der Waals surface area contributed by atoms with Gasteiger partial charge in [0, 0.05) is 23.3 Å². The van der Waals surface area contributed by atoms with Crippen molar-refractivity contribution in [2.45, 2.75) is 24.8 Å². The third kappa shape index (κ3) is 5.64. The smallest absolute Gasteiger partial charge is 0.322 e. The molecule has 3 rings (SSSR count). The lowest BCUT2D eigenvalue weighted by Crippen LogP contribution is -2.45. The summed E-state index contributed by atoms with van der Waals surface area (Å²) in [5, 5.41) is 12.8. The van der Waals surface area contributed by atoms with Gasteiger partial charge in [-0.3, -0.25) is 9.59 Å². The fourth-order valence-corrected chi connectivity index (χ4v) is 5.12. The van der Waals surface area contributed by atoms with E-state index in [2.05, 4.69) is 5.32 Å². The summed E-state index contributed by atoms with van der Waals surface area (Å²) >= 11 is 5.85. The van der Waals surface area contributed by atoms with Crippen LogP contribution >= 0.6 is 11.6 Å². The predicted octanol–water partition coefficient (Wildman–Crippen LogP) is 4.99. The molecule has 0 bridgehead atoms. The van der Waals surface area contributed by atoms with E-state index in [9.17, 15) is 23.1 Å². The molecule has 0 saturated heterocycles. The molecule has 1 atom stereocenters. The highest BCUT2D eigenvalue weighted by Gasteiger charge is 2.34. The summed E-state index contributed by atoms with van der Waals surface area (Å²) in [5.41, 5.74) is 2.69. The van der Waals surface area contributed by atoms with Crippen LogP contribution in [0.4, 0.5) is 5.69 Å². The summed E-state index contributed by atoms with van der Waals surface area (Å²) in [6.45, 7) is 3.32. The Balaban J connectivity index is 1.75. The molecule has 178 valence electrons. The molecule has 1 amide bonds. The van der Waals surface area contributed by atoms with Crippen LogP contribution in [0.1, 0.15) is 24.2 Å². The first kappa shape index (κ1) is 25.4. The van der Waals surface area contributed by atoms with E-state index in [0.717, 1.165) is 15.4 Å². The van der Waals surface area contributed by atoms with E-state index in [-0.39, 0.29) is 10.8 Å². The fraction of sp³-hybridized carbons (Fsp3) is 0.200. The van der Waals surface area contributed by atoms with Gasteiger partial charge in [0.05, 0.1) is 4.90 Å².